The Kier molecular flexibility index (Phi) is 5.34. The number of carbonyl (C=O) groups is 1. The van der Waals surface area contributed by atoms with Crippen molar-refractivity contribution in [2.24, 2.45) is 5.92 Å². The smallest absolute Gasteiger partial charge is 0.350 e. The monoisotopic (exact) mass is 390 g/mol. The van der Waals surface area contributed by atoms with Gasteiger partial charge in [0.05, 0.1) is 5.52 Å². The molecule has 0 aliphatic carbocycles. The topological polar surface area (TPSA) is 67.2 Å². The zero-order valence-corrected chi connectivity index (χ0v) is 16.9. The molecule has 0 atom stereocenters. The van der Waals surface area contributed by atoms with Gasteiger partial charge in [0, 0.05) is 24.2 Å². The highest BCUT2D eigenvalue weighted by molar-refractivity contribution is 5.93. The van der Waals surface area contributed by atoms with E-state index in [1.807, 2.05) is 55.5 Å². The molecule has 2 aromatic carbocycles. The van der Waals surface area contributed by atoms with Gasteiger partial charge in [-0.25, -0.2) is 4.79 Å². The minimum absolute atomic E-state index is 0.0718. The van der Waals surface area contributed by atoms with E-state index in [1.54, 1.807) is 0 Å². The van der Waals surface area contributed by atoms with Crippen molar-refractivity contribution in [2.45, 2.75) is 33.2 Å². The molecule has 0 bridgehead atoms. The highest BCUT2D eigenvalue weighted by atomic mass is 16.2. The predicted octanol–water partition coefficient (Wildman–Crippen LogP) is 3.58. The molecule has 1 amide bonds. The van der Waals surface area contributed by atoms with Gasteiger partial charge in [0.1, 0.15) is 12.4 Å². The maximum atomic E-state index is 12.8. The molecule has 1 saturated heterocycles. The van der Waals surface area contributed by atoms with Gasteiger partial charge in [0.2, 0.25) is 5.91 Å². The van der Waals surface area contributed by atoms with Crippen LogP contribution in [0.1, 0.15) is 25.3 Å². The highest BCUT2D eigenvalue weighted by Crippen LogP contribution is 2.27. The SMILES string of the molecule is Cc1cccc(NC(=O)Cn2c(=O)nc(N3CCC(C)CC3)c3ccccc32)c1. The minimum atomic E-state index is -0.392. The standard InChI is InChI=1S/C23H26N4O2/c1-16-10-12-26(13-11-16)22-19-8-3-4-9-20(19)27(23(29)25-22)15-21(28)24-18-7-5-6-17(2)14-18/h3-9,14,16H,10-13,15H2,1-2H3,(H,24,28). The molecule has 1 N–H and O–H groups in total. The summed E-state index contributed by atoms with van der Waals surface area (Å²) in [7, 11) is 0. The first-order chi connectivity index (χ1) is 14.0. The zero-order valence-electron chi connectivity index (χ0n) is 16.9. The number of amides is 1. The first kappa shape index (κ1) is 19.2. The van der Waals surface area contributed by atoms with Gasteiger partial charge in [0.15, 0.2) is 0 Å². The number of hydrogen-bond acceptors (Lipinski definition) is 4. The Balaban J connectivity index is 1.65. The summed E-state index contributed by atoms with van der Waals surface area (Å²) in [4.78, 5) is 32.0. The quantitative estimate of drug-likeness (QED) is 0.739. The third-order valence-electron chi connectivity index (χ3n) is 5.55. The number of carbonyl (C=O) groups excluding carboxylic acids is 1. The van der Waals surface area contributed by atoms with Gasteiger partial charge in [-0.1, -0.05) is 31.2 Å². The second-order valence-corrected chi connectivity index (χ2v) is 7.91. The summed E-state index contributed by atoms with van der Waals surface area (Å²) in [6.07, 6.45) is 2.19. The number of nitrogens with zero attached hydrogens (tertiary/aromatic N) is 3. The first-order valence-electron chi connectivity index (χ1n) is 10.1. The highest BCUT2D eigenvalue weighted by Gasteiger charge is 2.21. The van der Waals surface area contributed by atoms with E-state index in [-0.39, 0.29) is 12.5 Å². The number of benzene rings is 2. The molecular formula is C23H26N4O2. The summed E-state index contributed by atoms with van der Waals surface area (Å²) in [6, 6.07) is 15.3. The second-order valence-electron chi connectivity index (χ2n) is 7.91. The molecule has 6 nitrogen and oxygen atoms in total. The Morgan fingerprint density at radius 1 is 1.14 bits per heavy atom. The van der Waals surface area contributed by atoms with E-state index in [4.69, 9.17) is 0 Å². The van der Waals surface area contributed by atoms with Crippen molar-refractivity contribution in [3.63, 3.8) is 0 Å². The van der Waals surface area contributed by atoms with Gasteiger partial charge in [-0.05, 0) is 55.5 Å². The summed E-state index contributed by atoms with van der Waals surface area (Å²) in [6.45, 7) is 5.95. The van der Waals surface area contributed by atoms with Gasteiger partial charge < -0.3 is 10.2 Å². The van der Waals surface area contributed by atoms with Gasteiger partial charge in [-0.3, -0.25) is 9.36 Å². The molecule has 6 heteroatoms. The van der Waals surface area contributed by atoms with E-state index in [2.05, 4.69) is 22.1 Å². The third kappa shape index (κ3) is 4.16. The van der Waals surface area contributed by atoms with Crippen LogP contribution in [-0.4, -0.2) is 28.5 Å². The van der Waals surface area contributed by atoms with Crippen LogP contribution < -0.4 is 15.9 Å². The molecule has 0 saturated carbocycles. The molecule has 1 aromatic heterocycles. The molecule has 0 unspecified atom stereocenters. The summed E-state index contributed by atoms with van der Waals surface area (Å²) in [5, 5.41) is 3.78. The van der Waals surface area contributed by atoms with Crippen molar-refractivity contribution < 1.29 is 4.79 Å². The molecule has 29 heavy (non-hydrogen) atoms. The van der Waals surface area contributed by atoms with E-state index in [0.717, 1.165) is 53.9 Å². The third-order valence-corrected chi connectivity index (χ3v) is 5.55. The van der Waals surface area contributed by atoms with Crippen LogP contribution in [0.25, 0.3) is 10.9 Å². The van der Waals surface area contributed by atoms with Gasteiger partial charge in [0.25, 0.3) is 0 Å². The van der Waals surface area contributed by atoms with E-state index < -0.39 is 5.69 Å². The number of nitrogens with one attached hydrogen (secondary N) is 1. The fraction of sp³-hybridized carbons (Fsp3) is 0.348. The molecule has 150 valence electrons. The molecule has 1 aliphatic heterocycles. The number of anilines is 2. The van der Waals surface area contributed by atoms with Gasteiger partial charge >= 0.3 is 5.69 Å². The molecule has 0 radical (unpaired) electrons. The fourth-order valence-electron chi connectivity index (χ4n) is 3.89. The lowest BCUT2D eigenvalue weighted by molar-refractivity contribution is -0.116. The van der Waals surface area contributed by atoms with Crippen molar-refractivity contribution in [3.8, 4) is 0 Å². The zero-order chi connectivity index (χ0) is 20.4. The molecule has 2 heterocycles. The Hall–Kier alpha value is -3.15. The Morgan fingerprint density at radius 2 is 1.90 bits per heavy atom. The number of para-hydroxylation sites is 1. The minimum Gasteiger partial charge on any atom is -0.356 e. The van der Waals surface area contributed by atoms with E-state index in [9.17, 15) is 9.59 Å². The van der Waals surface area contributed by atoms with Gasteiger partial charge in [-0.2, -0.15) is 4.98 Å². The van der Waals surface area contributed by atoms with Crippen molar-refractivity contribution >= 4 is 28.3 Å². The molecule has 3 aromatic rings. The van der Waals surface area contributed by atoms with Crippen LogP contribution >= 0.6 is 0 Å². The number of hydrogen-bond donors (Lipinski definition) is 1. The van der Waals surface area contributed by atoms with Crippen LogP contribution in [0.4, 0.5) is 11.5 Å². The van der Waals surface area contributed by atoms with Crippen molar-refractivity contribution in [1.29, 1.82) is 0 Å². The summed E-state index contributed by atoms with van der Waals surface area (Å²) >= 11 is 0. The Labute approximate surface area is 170 Å². The predicted molar refractivity (Wildman–Crippen MR) is 116 cm³/mol. The fourth-order valence-corrected chi connectivity index (χ4v) is 3.89. The maximum absolute atomic E-state index is 12.8. The average molecular weight is 390 g/mol. The van der Waals surface area contributed by atoms with Crippen LogP contribution in [0.2, 0.25) is 0 Å². The van der Waals surface area contributed by atoms with Crippen molar-refractivity contribution in [1.82, 2.24) is 9.55 Å². The van der Waals surface area contributed by atoms with Crippen LogP contribution in [0, 0.1) is 12.8 Å². The number of aryl methyl sites for hydroxylation is 1. The van der Waals surface area contributed by atoms with E-state index in [0.29, 0.717) is 5.92 Å². The molecule has 1 aliphatic rings. The first-order valence-corrected chi connectivity index (χ1v) is 10.1. The second kappa shape index (κ2) is 8.07. The number of piperidine rings is 1. The van der Waals surface area contributed by atoms with E-state index >= 15 is 0 Å². The Bertz CT molecular complexity index is 1100. The van der Waals surface area contributed by atoms with Crippen molar-refractivity contribution in [2.75, 3.05) is 23.3 Å². The van der Waals surface area contributed by atoms with Crippen molar-refractivity contribution in [3.05, 3.63) is 64.6 Å². The summed E-state index contributed by atoms with van der Waals surface area (Å²) < 4.78 is 1.45. The van der Waals surface area contributed by atoms with Gasteiger partial charge in [-0.15, -0.1) is 0 Å². The summed E-state index contributed by atoms with van der Waals surface area (Å²) in [5.74, 6) is 1.18. The lowest BCUT2D eigenvalue weighted by Gasteiger charge is -2.32. The average Bonchev–Trinajstić information content (AvgIpc) is 2.70. The number of fused-ring (bicyclic) bond motifs is 1. The maximum Gasteiger partial charge on any atom is 0.350 e. The molecule has 0 spiro atoms. The number of rotatable bonds is 4. The molecule has 1 fully saturated rings. The van der Waals surface area contributed by atoms with E-state index in [1.165, 1.54) is 4.57 Å². The lowest BCUT2D eigenvalue weighted by Crippen LogP contribution is -2.37. The molecular weight excluding hydrogens is 364 g/mol. The Morgan fingerprint density at radius 3 is 2.66 bits per heavy atom. The van der Waals surface area contributed by atoms with Crippen LogP contribution in [0.3, 0.4) is 0 Å². The van der Waals surface area contributed by atoms with Crippen LogP contribution in [0.15, 0.2) is 53.3 Å². The molecule has 4 rings (SSSR count). The normalized spacial score (nSPS) is 14.9. The number of aromatic nitrogens is 2. The summed E-state index contributed by atoms with van der Waals surface area (Å²) in [5.41, 5.74) is 2.13. The lowest BCUT2D eigenvalue weighted by atomic mass is 9.99. The largest absolute Gasteiger partial charge is 0.356 e. The van der Waals surface area contributed by atoms with Crippen LogP contribution in [0.5, 0.6) is 0 Å². The van der Waals surface area contributed by atoms with Crippen LogP contribution in [-0.2, 0) is 11.3 Å².